The van der Waals surface area contributed by atoms with Gasteiger partial charge in [0.15, 0.2) is 5.76 Å². The number of carbonyl (C=O) groups excluding carboxylic acids is 2. The molecule has 2 heterocycles. The Morgan fingerprint density at radius 3 is 2.36 bits per heavy atom. The number of hydrogen-bond acceptors (Lipinski definition) is 4. The van der Waals surface area contributed by atoms with E-state index in [-0.39, 0.29) is 24.1 Å². The Morgan fingerprint density at radius 2 is 1.64 bits per heavy atom. The number of furan rings is 1. The monoisotopic (exact) mass is 476 g/mol. The lowest BCUT2D eigenvalue weighted by Crippen LogP contribution is -2.23. The van der Waals surface area contributed by atoms with Crippen LogP contribution in [0.2, 0.25) is 0 Å². The van der Waals surface area contributed by atoms with Crippen LogP contribution < -0.4 is 10.6 Å². The number of hydrogen-bond donors (Lipinski definition) is 2. The standard InChI is InChI=1S/C29H24N4O3/c1-20-14-15-22(17-25(20)31-29(35)26-13-8-16-36-26)28(34)30-18-23-19-33(24-11-6-3-7-12-24)32-27(23)21-9-4-2-5-10-21/h2-17,19H,18H2,1H3,(H,30,34)(H,31,35). The second-order valence-electron chi connectivity index (χ2n) is 8.29. The number of nitrogens with zero attached hydrogens (tertiary/aromatic N) is 2. The van der Waals surface area contributed by atoms with Crippen molar-refractivity contribution >= 4 is 17.5 Å². The van der Waals surface area contributed by atoms with Crippen LogP contribution in [0.3, 0.4) is 0 Å². The maximum atomic E-state index is 13.1. The van der Waals surface area contributed by atoms with Crippen molar-refractivity contribution in [3.8, 4) is 16.9 Å². The highest BCUT2D eigenvalue weighted by molar-refractivity contribution is 6.04. The lowest BCUT2D eigenvalue weighted by atomic mass is 10.1. The molecule has 0 bridgehead atoms. The number of anilines is 1. The molecule has 0 spiro atoms. The number of carbonyl (C=O) groups is 2. The van der Waals surface area contributed by atoms with E-state index in [4.69, 9.17) is 9.52 Å². The fraction of sp³-hybridized carbons (Fsp3) is 0.0690. The number of rotatable bonds is 7. The number of benzene rings is 3. The molecule has 3 aromatic carbocycles. The Kier molecular flexibility index (Phi) is 6.44. The van der Waals surface area contributed by atoms with E-state index in [1.807, 2.05) is 78.5 Å². The van der Waals surface area contributed by atoms with Gasteiger partial charge < -0.3 is 15.1 Å². The molecule has 2 aromatic heterocycles. The van der Waals surface area contributed by atoms with E-state index in [9.17, 15) is 9.59 Å². The minimum Gasteiger partial charge on any atom is -0.459 e. The number of amides is 2. The van der Waals surface area contributed by atoms with E-state index >= 15 is 0 Å². The summed E-state index contributed by atoms with van der Waals surface area (Å²) >= 11 is 0. The van der Waals surface area contributed by atoms with Crippen molar-refractivity contribution in [2.24, 2.45) is 0 Å². The second-order valence-corrected chi connectivity index (χ2v) is 8.29. The van der Waals surface area contributed by atoms with Gasteiger partial charge in [-0.3, -0.25) is 9.59 Å². The van der Waals surface area contributed by atoms with Crippen LogP contribution in [-0.4, -0.2) is 21.6 Å². The molecule has 36 heavy (non-hydrogen) atoms. The zero-order chi connectivity index (χ0) is 24.9. The molecule has 0 aliphatic carbocycles. The minimum absolute atomic E-state index is 0.202. The molecular weight excluding hydrogens is 452 g/mol. The van der Waals surface area contributed by atoms with Crippen molar-refractivity contribution in [2.45, 2.75) is 13.5 Å². The first kappa shape index (κ1) is 22.9. The Morgan fingerprint density at radius 1 is 0.889 bits per heavy atom. The van der Waals surface area contributed by atoms with Gasteiger partial charge in [0.25, 0.3) is 11.8 Å². The average molecular weight is 477 g/mol. The van der Waals surface area contributed by atoms with Gasteiger partial charge in [0, 0.05) is 35.1 Å². The smallest absolute Gasteiger partial charge is 0.291 e. The molecule has 178 valence electrons. The van der Waals surface area contributed by atoms with Crippen molar-refractivity contribution in [2.75, 3.05) is 5.32 Å². The average Bonchev–Trinajstić information content (AvgIpc) is 3.60. The summed E-state index contributed by atoms with van der Waals surface area (Å²) < 4.78 is 6.97. The summed E-state index contributed by atoms with van der Waals surface area (Å²) in [4.78, 5) is 25.4. The van der Waals surface area contributed by atoms with Crippen LogP contribution in [-0.2, 0) is 6.54 Å². The summed E-state index contributed by atoms with van der Waals surface area (Å²) in [7, 11) is 0. The van der Waals surface area contributed by atoms with Gasteiger partial charge in [-0.15, -0.1) is 0 Å². The van der Waals surface area contributed by atoms with Crippen LogP contribution in [0, 0.1) is 6.92 Å². The predicted molar refractivity (Wildman–Crippen MR) is 138 cm³/mol. The van der Waals surface area contributed by atoms with E-state index in [1.165, 1.54) is 6.26 Å². The first-order valence-electron chi connectivity index (χ1n) is 11.5. The Bertz CT molecular complexity index is 1490. The number of nitrogens with one attached hydrogen (secondary N) is 2. The summed E-state index contributed by atoms with van der Waals surface area (Å²) in [5.41, 5.74) is 5.41. The first-order valence-corrected chi connectivity index (χ1v) is 11.5. The van der Waals surface area contributed by atoms with Crippen LogP contribution in [0.1, 0.15) is 32.0 Å². The molecule has 0 radical (unpaired) electrons. The Hall–Kier alpha value is -4.91. The van der Waals surface area contributed by atoms with E-state index in [0.29, 0.717) is 11.3 Å². The minimum atomic E-state index is -0.374. The largest absolute Gasteiger partial charge is 0.459 e. The van der Waals surface area contributed by atoms with E-state index in [1.54, 1.807) is 30.3 Å². The molecule has 5 rings (SSSR count). The summed E-state index contributed by atoms with van der Waals surface area (Å²) in [6, 6.07) is 28.1. The van der Waals surface area contributed by atoms with Crippen LogP contribution in [0.25, 0.3) is 16.9 Å². The van der Waals surface area contributed by atoms with Gasteiger partial charge in [-0.25, -0.2) is 4.68 Å². The third kappa shape index (κ3) is 4.95. The molecule has 0 saturated carbocycles. The quantitative estimate of drug-likeness (QED) is 0.319. The molecule has 2 N–H and O–H groups in total. The second kappa shape index (κ2) is 10.1. The van der Waals surface area contributed by atoms with E-state index in [2.05, 4.69) is 10.6 Å². The molecule has 2 amide bonds. The molecule has 7 nitrogen and oxygen atoms in total. The molecule has 0 aliphatic rings. The van der Waals surface area contributed by atoms with Crippen molar-refractivity contribution in [3.63, 3.8) is 0 Å². The van der Waals surface area contributed by atoms with E-state index in [0.717, 1.165) is 28.1 Å². The maximum absolute atomic E-state index is 13.1. The van der Waals surface area contributed by atoms with Gasteiger partial charge in [0.2, 0.25) is 0 Å². The molecular formula is C29H24N4O3. The normalized spacial score (nSPS) is 10.7. The fourth-order valence-corrected chi connectivity index (χ4v) is 3.86. The summed E-state index contributed by atoms with van der Waals surface area (Å²) in [5.74, 6) is -0.426. The highest BCUT2D eigenvalue weighted by Crippen LogP contribution is 2.24. The SMILES string of the molecule is Cc1ccc(C(=O)NCc2cn(-c3ccccc3)nc2-c2ccccc2)cc1NC(=O)c1ccco1. The van der Waals surface area contributed by atoms with Gasteiger partial charge in [0.1, 0.15) is 0 Å². The van der Waals surface area contributed by atoms with Crippen LogP contribution in [0.5, 0.6) is 0 Å². The highest BCUT2D eigenvalue weighted by atomic mass is 16.3. The van der Waals surface area contributed by atoms with E-state index < -0.39 is 0 Å². The summed E-state index contributed by atoms with van der Waals surface area (Å²) in [6.07, 6.45) is 3.37. The van der Waals surface area contributed by atoms with Gasteiger partial charge >= 0.3 is 0 Å². The predicted octanol–water partition coefficient (Wildman–Crippen LogP) is 5.62. The highest BCUT2D eigenvalue weighted by Gasteiger charge is 2.16. The number of aryl methyl sites for hydroxylation is 1. The maximum Gasteiger partial charge on any atom is 0.291 e. The molecule has 7 heteroatoms. The third-order valence-electron chi connectivity index (χ3n) is 5.79. The zero-order valence-corrected chi connectivity index (χ0v) is 19.6. The molecule has 0 fully saturated rings. The van der Waals surface area contributed by atoms with Crippen molar-refractivity contribution < 1.29 is 14.0 Å². The van der Waals surface area contributed by atoms with Gasteiger partial charge in [0.05, 0.1) is 17.6 Å². The van der Waals surface area contributed by atoms with Gasteiger partial charge in [-0.2, -0.15) is 5.10 Å². The van der Waals surface area contributed by atoms with Crippen LogP contribution >= 0.6 is 0 Å². The molecule has 0 saturated heterocycles. The first-order chi connectivity index (χ1) is 17.6. The third-order valence-corrected chi connectivity index (χ3v) is 5.79. The van der Waals surface area contributed by atoms with Crippen molar-refractivity contribution in [1.82, 2.24) is 15.1 Å². The van der Waals surface area contributed by atoms with Gasteiger partial charge in [-0.05, 0) is 48.9 Å². The molecule has 0 atom stereocenters. The lowest BCUT2D eigenvalue weighted by Gasteiger charge is -2.10. The number of aromatic nitrogens is 2. The number of para-hydroxylation sites is 1. The van der Waals surface area contributed by atoms with Crippen molar-refractivity contribution in [1.29, 1.82) is 0 Å². The molecule has 5 aromatic rings. The van der Waals surface area contributed by atoms with Crippen LogP contribution in [0.4, 0.5) is 5.69 Å². The Balaban J connectivity index is 1.36. The van der Waals surface area contributed by atoms with Gasteiger partial charge in [-0.1, -0.05) is 54.6 Å². The van der Waals surface area contributed by atoms with Crippen molar-refractivity contribution in [3.05, 3.63) is 126 Å². The summed E-state index contributed by atoms with van der Waals surface area (Å²) in [5, 5.41) is 10.6. The molecule has 0 unspecified atom stereocenters. The molecule has 0 aliphatic heterocycles. The van der Waals surface area contributed by atoms with Crippen LogP contribution in [0.15, 0.2) is 108 Å². The Labute approximate surface area is 208 Å². The lowest BCUT2D eigenvalue weighted by molar-refractivity contribution is 0.0949. The fourth-order valence-electron chi connectivity index (χ4n) is 3.86. The topological polar surface area (TPSA) is 89.2 Å². The summed E-state index contributed by atoms with van der Waals surface area (Å²) in [6.45, 7) is 2.15. The zero-order valence-electron chi connectivity index (χ0n) is 19.6.